The van der Waals surface area contributed by atoms with E-state index in [-0.39, 0.29) is 17.8 Å². The van der Waals surface area contributed by atoms with Crippen LogP contribution < -0.4 is 19.5 Å². The Balaban J connectivity index is 2.11. The van der Waals surface area contributed by atoms with Crippen molar-refractivity contribution in [2.45, 2.75) is 0 Å². The number of nitrogens with zero attached hydrogens (tertiary/aromatic N) is 1. The molecule has 0 unspecified atom stereocenters. The number of anilines is 1. The molecule has 0 bridgehead atoms. The van der Waals surface area contributed by atoms with Crippen LogP contribution in [0.15, 0.2) is 60.8 Å². The second-order valence-corrected chi connectivity index (χ2v) is 6.19. The van der Waals surface area contributed by atoms with E-state index in [1.54, 1.807) is 49.6 Å². The van der Waals surface area contributed by atoms with Crippen molar-refractivity contribution in [1.29, 1.82) is 0 Å². The fourth-order valence-corrected chi connectivity index (χ4v) is 3.09. The van der Waals surface area contributed by atoms with E-state index in [1.807, 2.05) is 0 Å². The van der Waals surface area contributed by atoms with Crippen molar-refractivity contribution in [3.63, 3.8) is 0 Å². The van der Waals surface area contributed by atoms with Crippen LogP contribution in [0.5, 0.6) is 17.2 Å². The lowest BCUT2D eigenvalue weighted by Crippen LogP contribution is -2.32. The summed E-state index contributed by atoms with van der Waals surface area (Å²) in [5, 5.41) is 3.08. The molecule has 1 aliphatic rings. The monoisotopic (exact) mass is 394 g/mol. The molecule has 29 heavy (non-hydrogen) atoms. The summed E-state index contributed by atoms with van der Waals surface area (Å²) in [6.07, 6.45) is 1.51. The molecule has 7 heteroatoms. The summed E-state index contributed by atoms with van der Waals surface area (Å²) in [6, 6.07) is 12.2. The third-order valence-electron chi connectivity index (χ3n) is 4.49. The molecular formula is C22H22N2O5. The van der Waals surface area contributed by atoms with E-state index in [1.165, 1.54) is 20.3 Å². The summed E-state index contributed by atoms with van der Waals surface area (Å²) in [7, 11) is 4.60. The van der Waals surface area contributed by atoms with Crippen molar-refractivity contribution in [3.8, 4) is 17.2 Å². The molecule has 150 valence electrons. The maximum absolute atomic E-state index is 13.0. The number of ether oxygens (including phenoxy) is 3. The first-order chi connectivity index (χ1) is 14.0. The molecule has 2 amide bonds. The van der Waals surface area contributed by atoms with Crippen molar-refractivity contribution in [3.05, 3.63) is 66.4 Å². The second-order valence-electron chi connectivity index (χ2n) is 6.19. The average molecular weight is 394 g/mol. The summed E-state index contributed by atoms with van der Waals surface area (Å²) in [5.74, 6) is 0.775. The predicted molar refractivity (Wildman–Crippen MR) is 110 cm³/mol. The summed E-state index contributed by atoms with van der Waals surface area (Å²) < 4.78 is 15.8. The van der Waals surface area contributed by atoms with Crippen LogP contribution in [0.1, 0.15) is 5.56 Å². The Hall–Kier alpha value is -3.74. The Labute approximate surface area is 169 Å². The van der Waals surface area contributed by atoms with Gasteiger partial charge in [-0.2, -0.15) is 0 Å². The highest BCUT2D eigenvalue weighted by Crippen LogP contribution is 2.35. The fourth-order valence-electron chi connectivity index (χ4n) is 3.09. The molecule has 0 atom stereocenters. The zero-order chi connectivity index (χ0) is 21.0. The average Bonchev–Trinajstić information content (AvgIpc) is 2.98. The summed E-state index contributed by atoms with van der Waals surface area (Å²) >= 11 is 0. The first-order valence-electron chi connectivity index (χ1n) is 8.88. The number of amides is 2. The number of methoxy groups -OCH3 is 3. The molecular weight excluding hydrogens is 372 g/mol. The van der Waals surface area contributed by atoms with Crippen molar-refractivity contribution < 1.29 is 23.8 Å². The molecule has 1 N–H and O–H groups in total. The van der Waals surface area contributed by atoms with E-state index in [2.05, 4.69) is 11.9 Å². The van der Waals surface area contributed by atoms with Gasteiger partial charge in [0.1, 0.15) is 11.4 Å². The van der Waals surface area contributed by atoms with Crippen molar-refractivity contribution >= 4 is 23.1 Å². The van der Waals surface area contributed by atoms with E-state index < -0.39 is 11.8 Å². The summed E-state index contributed by atoms with van der Waals surface area (Å²) in [4.78, 5) is 27.2. The van der Waals surface area contributed by atoms with E-state index in [9.17, 15) is 9.59 Å². The standard InChI is InChI=1S/C22H22N2O5/c1-5-11-24-21(25)19(14-9-10-17(28-3)18(12-14)29-4)20(22(24)26)23-15-7-6-8-16(13-15)27-2/h5-10,12-13,23H,1,11H2,2-4H3. The molecule has 0 aromatic heterocycles. The normalized spacial score (nSPS) is 13.6. The van der Waals surface area contributed by atoms with Gasteiger partial charge in [-0.3, -0.25) is 14.5 Å². The highest BCUT2D eigenvalue weighted by atomic mass is 16.5. The molecule has 1 aliphatic heterocycles. The number of hydrogen-bond acceptors (Lipinski definition) is 6. The summed E-state index contributed by atoms with van der Waals surface area (Å²) in [6.45, 7) is 3.74. The third-order valence-corrected chi connectivity index (χ3v) is 4.49. The number of carbonyl (C=O) groups is 2. The highest BCUT2D eigenvalue weighted by molar-refractivity contribution is 6.36. The van der Waals surface area contributed by atoms with Gasteiger partial charge in [0.2, 0.25) is 0 Å². The van der Waals surface area contributed by atoms with Crippen LogP contribution in [0.25, 0.3) is 5.57 Å². The van der Waals surface area contributed by atoms with Crippen LogP contribution in [0.4, 0.5) is 5.69 Å². The first-order valence-corrected chi connectivity index (χ1v) is 8.88. The third kappa shape index (κ3) is 3.80. The maximum atomic E-state index is 13.0. The van der Waals surface area contributed by atoms with Gasteiger partial charge in [-0.25, -0.2) is 0 Å². The second kappa shape index (κ2) is 8.52. The molecule has 3 rings (SSSR count). The van der Waals surface area contributed by atoms with Crippen LogP contribution in [0.2, 0.25) is 0 Å². The van der Waals surface area contributed by atoms with Crippen LogP contribution in [0, 0.1) is 0 Å². The van der Waals surface area contributed by atoms with Gasteiger partial charge < -0.3 is 19.5 Å². The largest absolute Gasteiger partial charge is 0.497 e. The van der Waals surface area contributed by atoms with Gasteiger partial charge in [0.15, 0.2) is 11.5 Å². The fraction of sp³-hybridized carbons (Fsp3) is 0.182. The molecule has 0 saturated carbocycles. The maximum Gasteiger partial charge on any atom is 0.278 e. The molecule has 0 fully saturated rings. The summed E-state index contributed by atoms with van der Waals surface area (Å²) in [5.41, 5.74) is 1.59. The van der Waals surface area contributed by atoms with E-state index in [4.69, 9.17) is 14.2 Å². The molecule has 2 aromatic rings. The van der Waals surface area contributed by atoms with Crippen LogP contribution in [-0.4, -0.2) is 44.6 Å². The Morgan fingerprint density at radius 2 is 1.72 bits per heavy atom. The van der Waals surface area contributed by atoms with E-state index >= 15 is 0 Å². The number of benzene rings is 2. The molecule has 7 nitrogen and oxygen atoms in total. The number of imide groups is 1. The van der Waals surface area contributed by atoms with Gasteiger partial charge >= 0.3 is 0 Å². The molecule has 0 radical (unpaired) electrons. The highest BCUT2D eigenvalue weighted by Gasteiger charge is 2.38. The van der Waals surface area contributed by atoms with Gasteiger partial charge in [0.05, 0.1) is 26.9 Å². The molecule has 0 aliphatic carbocycles. The van der Waals surface area contributed by atoms with Crippen LogP contribution >= 0.6 is 0 Å². The number of carbonyl (C=O) groups excluding carboxylic acids is 2. The quantitative estimate of drug-likeness (QED) is 0.548. The zero-order valence-corrected chi connectivity index (χ0v) is 16.5. The Kier molecular flexibility index (Phi) is 5.87. The van der Waals surface area contributed by atoms with Crippen molar-refractivity contribution in [2.24, 2.45) is 0 Å². The van der Waals surface area contributed by atoms with Crippen molar-refractivity contribution in [1.82, 2.24) is 4.90 Å². The minimum Gasteiger partial charge on any atom is -0.497 e. The minimum atomic E-state index is -0.428. The lowest BCUT2D eigenvalue weighted by atomic mass is 10.0. The van der Waals surface area contributed by atoms with E-state index in [0.29, 0.717) is 28.5 Å². The topological polar surface area (TPSA) is 77.1 Å². The number of rotatable bonds is 8. The zero-order valence-electron chi connectivity index (χ0n) is 16.5. The number of nitrogens with one attached hydrogen (secondary N) is 1. The Morgan fingerprint density at radius 3 is 2.38 bits per heavy atom. The van der Waals surface area contributed by atoms with Gasteiger partial charge in [0, 0.05) is 18.3 Å². The van der Waals surface area contributed by atoms with E-state index in [0.717, 1.165) is 4.90 Å². The minimum absolute atomic E-state index is 0.109. The van der Waals surface area contributed by atoms with Gasteiger partial charge in [-0.05, 0) is 29.8 Å². The lowest BCUT2D eigenvalue weighted by Gasteiger charge is -2.13. The van der Waals surface area contributed by atoms with Crippen molar-refractivity contribution in [2.75, 3.05) is 33.2 Å². The molecule has 2 aromatic carbocycles. The predicted octanol–water partition coefficient (Wildman–Crippen LogP) is 3.09. The molecule has 0 saturated heterocycles. The van der Waals surface area contributed by atoms with Gasteiger partial charge in [-0.15, -0.1) is 6.58 Å². The van der Waals surface area contributed by atoms with Crippen LogP contribution in [0.3, 0.4) is 0 Å². The van der Waals surface area contributed by atoms with Crippen LogP contribution in [-0.2, 0) is 9.59 Å². The van der Waals surface area contributed by atoms with Gasteiger partial charge in [0.25, 0.3) is 11.8 Å². The molecule has 1 heterocycles. The Morgan fingerprint density at radius 1 is 0.966 bits per heavy atom. The SMILES string of the molecule is C=CCN1C(=O)C(Nc2cccc(OC)c2)=C(c2ccc(OC)c(OC)c2)C1=O. The lowest BCUT2D eigenvalue weighted by molar-refractivity contribution is -0.136. The first kappa shape index (κ1) is 20.0. The van der Waals surface area contributed by atoms with Gasteiger partial charge in [-0.1, -0.05) is 18.2 Å². The number of hydrogen-bond donors (Lipinski definition) is 1. The smallest absolute Gasteiger partial charge is 0.278 e. The Bertz CT molecular complexity index is 996. The molecule has 0 spiro atoms.